The van der Waals surface area contributed by atoms with Gasteiger partial charge < -0.3 is 26.8 Å². The molecule has 1 aromatic heterocycles. The standard InChI is InChI=1S/C7H5Br2NO2.C7H7NO3.C6H7N3O/c8-4-1-3(7(11)12)2-5(9)6(4)10;8-4-1-2-5(7(10)11)6(9)3-4;7-9-6(10)5-1-3-8-4-2-5/h1-2H,10H2,(H,11,12);1-3,9H,8H2,(H,10,11);1-4H,7H2,(H,9,10). The van der Waals surface area contributed by atoms with E-state index in [4.69, 9.17) is 32.6 Å². The SMILES string of the molecule is NNC(=O)c1ccncc1.Nc1c(Br)cc(C(=O)O)cc1Br.Nc1ccc(C(=O)O)c(O)c1. The van der Waals surface area contributed by atoms with Crippen molar-refractivity contribution in [2.24, 2.45) is 5.84 Å². The van der Waals surface area contributed by atoms with Crippen molar-refractivity contribution in [1.82, 2.24) is 10.4 Å². The summed E-state index contributed by atoms with van der Waals surface area (Å²) in [6.07, 6.45) is 3.06. The zero-order chi connectivity index (χ0) is 25.1. The van der Waals surface area contributed by atoms with Crippen molar-refractivity contribution >= 4 is 61.1 Å². The van der Waals surface area contributed by atoms with E-state index in [1.54, 1.807) is 12.1 Å². The number of halogens is 2. The minimum absolute atomic E-state index is 0.140. The fourth-order valence-corrected chi connectivity index (χ4v) is 3.21. The number of carbonyl (C=O) groups is 3. The molecule has 0 aliphatic heterocycles. The van der Waals surface area contributed by atoms with Gasteiger partial charge in [0, 0.05) is 38.7 Å². The van der Waals surface area contributed by atoms with Gasteiger partial charge in [-0.2, -0.15) is 0 Å². The molecule has 1 amide bonds. The number of phenols is 1. The Morgan fingerprint density at radius 3 is 1.82 bits per heavy atom. The number of nitrogens with zero attached hydrogens (tertiary/aromatic N) is 1. The quantitative estimate of drug-likeness (QED) is 0.103. The van der Waals surface area contributed by atoms with Crippen LogP contribution in [0.1, 0.15) is 31.1 Å². The molecule has 0 saturated carbocycles. The van der Waals surface area contributed by atoms with Gasteiger partial charge in [-0.1, -0.05) is 0 Å². The predicted molar refractivity (Wildman–Crippen MR) is 129 cm³/mol. The summed E-state index contributed by atoms with van der Waals surface area (Å²) in [5.41, 5.74) is 14.3. The number of hydrogen-bond acceptors (Lipinski definition) is 8. The van der Waals surface area contributed by atoms with Crippen molar-refractivity contribution in [2.45, 2.75) is 0 Å². The highest BCUT2D eigenvalue weighted by atomic mass is 79.9. The lowest BCUT2D eigenvalue weighted by molar-refractivity contribution is 0.0684. The smallest absolute Gasteiger partial charge is 0.339 e. The summed E-state index contributed by atoms with van der Waals surface area (Å²) in [7, 11) is 0. The van der Waals surface area contributed by atoms with E-state index in [0.717, 1.165) is 0 Å². The first-order valence-electron chi connectivity index (χ1n) is 8.68. The monoisotopic (exact) mass is 583 g/mol. The second kappa shape index (κ2) is 13.0. The predicted octanol–water partition coefficient (Wildman–Crippen LogP) is 2.85. The Hall–Kier alpha value is -3.68. The van der Waals surface area contributed by atoms with Crippen molar-refractivity contribution in [3.63, 3.8) is 0 Å². The number of nitrogens with two attached hydrogens (primary N) is 3. The summed E-state index contributed by atoms with van der Waals surface area (Å²) in [6, 6.07) is 9.97. The molecule has 0 aliphatic carbocycles. The van der Waals surface area contributed by atoms with Gasteiger partial charge in [0.2, 0.25) is 0 Å². The molecule has 3 aromatic rings. The zero-order valence-corrected chi connectivity index (χ0v) is 19.9. The van der Waals surface area contributed by atoms with Crippen molar-refractivity contribution in [3.05, 3.63) is 80.5 Å². The zero-order valence-electron chi connectivity index (χ0n) is 16.7. The number of aromatic hydroxyl groups is 1. The van der Waals surface area contributed by atoms with Crippen molar-refractivity contribution < 1.29 is 29.7 Å². The topological polar surface area (TPSA) is 215 Å². The molecular formula is C20H19Br2N5O6. The molecular weight excluding hydrogens is 566 g/mol. The minimum atomic E-state index is -1.16. The number of carbonyl (C=O) groups excluding carboxylic acids is 1. The molecule has 3 rings (SSSR count). The molecule has 11 nitrogen and oxygen atoms in total. The molecule has 0 spiro atoms. The van der Waals surface area contributed by atoms with Crippen LogP contribution in [0.25, 0.3) is 0 Å². The van der Waals surface area contributed by atoms with Crippen LogP contribution < -0.4 is 22.7 Å². The van der Waals surface area contributed by atoms with Gasteiger partial charge in [0.1, 0.15) is 11.3 Å². The van der Waals surface area contributed by atoms with Crippen LogP contribution >= 0.6 is 31.9 Å². The average Bonchev–Trinajstić information content (AvgIpc) is 2.77. The van der Waals surface area contributed by atoms with E-state index in [2.05, 4.69) is 36.8 Å². The Balaban J connectivity index is 0.000000249. The van der Waals surface area contributed by atoms with Gasteiger partial charge in [-0.3, -0.25) is 15.2 Å². The molecule has 10 N–H and O–H groups in total. The third-order valence-electron chi connectivity index (χ3n) is 3.65. The van der Waals surface area contributed by atoms with E-state index in [9.17, 15) is 14.4 Å². The molecule has 0 atom stereocenters. The lowest BCUT2D eigenvalue weighted by atomic mass is 10.2. The number of amides is 1. The number of pyridine rings is 1. The number of benzene rings is 2. The molecule has 1 heterocycles. The van der Waals surface area contributed by atoms with Gasteiger partial charge in [-0.05, 0) is 68.3 Å². The Labute approximate surface area is 204 Å². The maximum atomic E-state index is 10.7. The van der Waals surface area contributed by atoms with Crippen LogP contribution in [0.5, 0.6) is 5.75 Å². The van der Waals surface area contributed by atoms with Crippen LogP contribution in [0.3, 0.4) is 0 Å². The van der Waals surface area contributed by atoms with Gasteiger partial charge in [0.15, 0.2) is 0 Å². The number of aromatic carboxylic acids is 2. The number of hydrogen-bond donors (Lipinski definition) is 7. The number of hydrazine groups is 1. The summed E-state index contributed by atoms with van der Waals surface area (Å²) in [6.45, 7) is 0. The highest BCUT2D eigenvalue weighted by Gasteiger charge is 2.09. The summed E-state index contributed by atoms with van der Waals surface area (Å²) in [5.74, 6) is 2.13. The molecule has 33 heavy (non-hydrogen) atoms. The first-order valence-corrected chi connectivity index (χ1v) is 10.3. The van der Waals surface area contributed by atoms with Gasteiger partial charge in [0.25, 0.3) is 5.91 Å². The van der Waals surface area contributed by atoms with Gasteiger partial charge in [-0.15, -0.1) is 0 Å². The average molecular weight is 585 g/mol. The third-order valence-corrected chi connectivity index (χ3v) is 4.96. The molecule has 0 unspecified atom stereocenters. The van der Waals surface area contributed by atoms with E-state index in [1.165, 1.54) is 42.7 Å². The summed E-state index contributed by atoms with van der Waals surface area (Å²) < 4.78 is 1.16. The number of carboxylic acids is 2. The highest BCUT2D eigenvalue weighted by molar-refractivity contribution is 9.11. The van der Waals surface area contributed by atoms with Crippen LogP contribution in [0.4, 0.5) is 11.4 Å². The second-order valence-electron chi connectivity index (χ2n) is 5.95. The maximum absolute atomic E-state index is 10.7. The molecule has 2 aromatic carbocycles. The number of anilines is 2. The number of aromatic nitrogens is 1. The Morgan fingerprint density at radius 1 is 0.848 bits per heavy atom. The van der Waals surface area contributed by atoms with Crippen molar-refractivity contribution in [3.8, 4) is 5.75 Å². The van der Waals surface area contributed by atoms with Crippen LogP contribution in [0.2, 0.25) is 0 Å². The van der Waals surface area contributed by atoms with Crippen molar-refractivity contribution in [1.29, 1.82) is 0 Å². The van der Waals surface area contributed by atoms with E-state index >= 15 is 0 Å². The van der Waals surface area contributed by atoms with Crippen LogP contribution in [-0.4, -0.2) is 38.1 Å². The summed E-state index contributed by atoms with van der Waals surface area (Å²) in [5, 5.41) is 26.1. The first-order chi connectivity index (χ1) is 15.5. The molecule has 0 bridgehead atoms. The fourth-order valence-electron chi connectivity index (χ4n) is 2.02. The van der Waals surface area contributed by atoms with Gasteiger partial charge in [0.05, 0.1) is 11.3 Å². The van der Waals surface area contributed by atoms with Gasteiger partial charge >= 0.3 is 11.9 Å². The largest absolute Gasteiger partial charge is 0.507 e. The van der Waals surface area contributed by atoms with Gasteiger partial charge in [-0.25, -0.2) is 15.4 Å². The number of nitrogen functional groups attached to an aromatic ring is 3. The number of carboxylic acid groups (broad SMARTS) is 2. The van der Waals surface area contributed by atoms with Crippen LogP contribution in [0, 0.1) is 0 Å². The van der Waals surface area contributed by atoms with E-state index < -0.39 is 11.9 Å². The van der Waals surface area contributed by atoms with E-state index in [0.29, 0.717) is 25.9 Å². The lowest BCUT2D eigenvalue weighted by Gasteiger charge is -2.02. The highest BCUT2D eigenvalue weighted by Crippen LogP contribution is 2.29. The van der Waals surface area contributed by atoms with E-state index in [-0.39, 0.29) is 22.8 Å². The third kappa shape index (κ3) is 8.76. The first kappa shape index (κ1) is 27.4. The normalized spacial score (nSPS) is 9.42. The molecule has 174 valence electrons. The lowest BCUT2D eigenvalue weighted by Crippen LogP contribution is -2.29. The van der Waals surface area contributed by atoms with Crippen molar-refractivity contribution in [2.75, 3.05) is 11.5 Å². The number of nitrogens with one attached hydrogen (secondary N) is 1. The summed E-state index contributed by atoms with van der Waals surface area (Å²) in [4.78, 5) is 35.4. The minimum Gasteiger partial charge on any atom is -0.507 e. The molecule has 13 heteroatoms. The number of rotatable bonds is 3. The van der Waals surface area contributed by atoms with Crippen LogP contribution in [0.15, 0.2) is 63.8 Å². The molecule has 0 aliphatic rings. The Kier molecular flexibility index (Phi) is 10.8. The van der Waals surface area contributed by atoms with Crippen LogP contribution in [-0.2, 0) is 0 Å². The van der Waals surface area contributed by atoms with E-state index in [1.807, 2.05) is 5.43 Å². The molecule has 0 fully saturated rings. The molecule has 0 radical (unpaired) electrons. The Morgan fingerprint density at radius 2 is 1.39 bits per heavy atom. The fraction of sp³-hybridized carbons (Fsp3) is 0. The maximum Gasteiger partial charge on any atom is 0.339 e. The second-order valence-corrected chi connectivity index (χ2v) is 7.66. The Bertz CT molecular complexity index is 1120. The molecule has 0 saturated heterocycles. The summed E-state index contributed by atoms with van der Waals surface area (Å²) >= 11 is 6.29.